The lowest BCUT2D eigenvalue weighted by molar-refractivity contribution is 0.101. The molecule has 25 heavy (non-hydrogen) atoms. The van der Waals surface area contributed by atoms with Gasteiger partial charge in [0.15, 0.2) is 11.6 Å². The Kier molecular flexibility index (Phi) is 4.95. The molecule has 5 heteroatoms. The van der Waals surface area contributed by atoms with Gasteiger partial charge in [-0.3, -0.25) is 4.79 Å². The van der Waals surface area contributed by atoms with Gasteiger partial charge in [-0.2, -0.15) is 0 Å². The van der Waals surface area contributed by atoms with Gasteiger partial charge in [0.05, 0.1) is 24.1 Å². The van der Waals surface area contributed by atoms with Gasteiger partial charge in [-0.1, -0.05) is 28.1 Å². The Balaban J connectivity index is 2.19. The van der Waals surface area contributed by atoms with E-state index in [9.17, 15) is 4.79 Å². The van der Waals surface area contributed by atoms with Gasteiger partial charge in [-0.15, -0.1) is 0 Å². The number of hydrogen-bond acceptors (Lipinski definition) is 4. The lowest BCUT2D eigenvalue weighted by atomic mass is 10.0. The zero-order valence-corrected chi connectivity index (χ0v) is 15.8. The van der Waals surface area contributed by atoms with Crippen molar-refractivity contribution in [3.63, 3.8) is 0 Å². The van der Waals surface area contributed by atoms with Gasteiger partial charge in [0.2, 0.25) is 0 Å². The predicted octanol–water partition coefficient (Wildman–Crippen LogP) is 5.09. The molecule has 0 bridgehead atoms. The molecule has 3 rings (SSSR count). The number of halogens is 1. The first-order valence-corrected chi connectivity index (χ1v) is 8.59. The molecule has 0 N–H and O–H groups in total. The summed E-state index contributed by atoms with van der Waals surface area (Å²) >= 11 is 3.43. The Bertz CT molecular complexity index is 920. The Morgan fingerprint density at radius 3 is 2.12 bits per heavy atom. The molecular formula is C20H17BrN2O2. The minimum atomic E-state index is -0.0503. The third kappa shape index (κ3) is 3.61. The van der Waals surface area contributed by atoms with Gasteiger partial charge in [0.1, 0.15) is 5.75 Å². The molecule has 4 nitrogen and oxygen atoms in total. The predicted molar refractivity (Wildman–Crippen MR) is 102 cm³/mol. The molecule has 0 aliphatic rings. The quantitative estimate of drug-likeness (QED) is 0.576. The maximum atomic E-state index is 12.2. The minimum absolute atomic E-state index is 0.0503. The molecule has 0 amide bonds. The first kappa shape index (κ1) is 17.3. The third-order valence-corrected chi connectivity index (χ3v) is 4.44. The van der Waals surface area contributed by atoms with E-state index in [1.807, 2.05) is 55.5 Å². The number of ether oxygens (including phenoxy) is 1. The number of hydrogen-bond donors (Lipinski definition) is 0. The van der Waals surface area contributed by atoms with Crippen LogP contribution in [-0.4, -0.2) is 22.9 Å². The molecule has 1 aromatic heterocycles. The van der Waals surface area contributed by atoms with E-state index in [4.69, 9.17) is 9.72 Å². The molecule has 2 aromatic carbocycles. The van der Waals surface area contributed by atoms with Crippen LogP contribution in [0.1, 0.15) is 23.0 Å². The highest BCUT2D eigenvalue weighted by Crippen LogP contribution is 2.29. The molecule has 0 saturated carbocycles. The van der Waals surface area contributed by atoms with Crippen molar-refractivity contribution in [3.8, 4) is 28.4 Å². The smallest absolute Gasteiger partial charge is 0.163 e. The van der Waals surface area contributed by atoms with E-state index in [-0.39, 0.29) is 5.78 Å². The lowest BCUT2D eigenvalue weighted by Gasteiger charge is -2.12. The van der Waals surface area contributed by atoms with E-state index in [1.54, 1.807) is 7.11 Å². The number of carbonyl (C=O) groups excluding carboxylic acids is 1. The first-order valence-electron chi connectivity index (χ1n) is 7.79. The molecule has 0 atom stereocenters. The van der Waals surface area contributed by atoms with Crippen LogP contribution in [0.3, 0.4) is 0 Å². The van der Waals surface area contributed by atoms with Crippen molar-refractivity contribution in [1.82, 2.24) is 9.97 Å². The fraction of sp³-hybridized carbons (Fsp3) is 0.150. The second-order valence-corrected chi connectivity index (χ2v) is 6.56. The second-order valence-electron chi connectivity index (χ2n) is 5.65. The number of ketones is 1. The van der Waals surface area contributed by atoms with Gasteiger partial charge in [-0.05, 0) is 50.2 Å². The number of aryl methyl sites for hydroxylation is 1. The summed E-state index contributed by atoms with van der Waals surface area (Å²) in [4.78, 5) is 21.4. The second kappa shape index (κ2) is 7.15. The molecule has 0 aliphatic heterocycles. The highest BCUT2D eigenvalue weighted by atomic mass is 79.9. The average molecular weight is 397 g/mol. The number of methoxy groups -OCH3 is 1. The van der Waals surface area contributed by atoms with Crippen molar-refractivity contribution in [2.24, 2.45) is 0 Å². The van der Waals surface area contributed by atoms with Crippen molar-refractivity contribution in [2.75, 3.05) is 7.11 Å². The molecule has 0 aliphatic carbocycles. The molecule has 0 radical (unpaired) electrons. The van der Waals surface area contributed by atoms with E-state index >= 15 is 0 Å². The molecule has 1 heterocycles. The van der Waals surface area contributed by atoms with Crippen LogP contribution in [0.5, 0.6) is 5.75 Å². The van der Waals surface area contributed by atoms with Gasteiger partial charge in [-0.25, -0.2) is 9.97 Å². The molecule has 0 saturated heterocycles. The summed E-state index contributed by atoms with van der Waals surface area (Å²) in [6, 6.07) is 15.3. The molecule has 0 spiro atoms. The van der Waals surface area contributed by atoms with Gasteiger partial charge in [0.25, 0.3) is 0 Å². The SMILES string of the molecule is COc1ccc(-c2nc(-c3ccc(Br)cc3)nc(C)c2C(C)=O)cc1. The van der Waals surface area contributed by atoms with Crippen LogP contribution in [0.4, 0.5) is 0 Å². The van der Waals surface area contributed by atoms with Crippen LogP contribution in [-0.2, 0) is 0 Å². The molecule has 0 unspecified atom stereocenters. The topological polar surface area (TPSA) is 52.1 Å². The van der Waals surface area contributed by atoms with Crippen LogP contribution in [0.15, 0.2) is 53.0 Å². The summed E-state index contributed by atoms with van der Waals surface area (Å²) < 4.78 is 6.20. The van der Waals surface area contributed by atoms with Crippen molar-refractivity contribution in [1.29, 1.82) is 0 Å². The Morgan fingerprint density at radius 2 is 1.56 bits per heavy atom. The van der Waals surface area contributed by atoms with E-state index in [0.29, 0.717) is 22.8 Å². The number of rotatable bonds is 4. The number of nitrogens with zero attached hydrogens (tertiary/aromatic N) is 2. The van der Waals surface area contributed by atoms with Gasteiger partial charge in [0, 0.05) is 15.6 Å². The number of carbonyl (C=O) groups is 1. The normalized spacial score (nSPS) is 10.6. The van der Waals surface area contributed by atoms with E-state index in [1.165, 1.54) is 6.92 Å². The summed E-state index contributed by atoms with van der Waals surface area (Å²) in [5.74, 6) is 1.30. The van der Waals surface area contributed by atoms with E-state index in [0.717, 1.165) is 21.3 Å². The van der Waals surface area contributed by atoms with Crippen LogP contribution in [0.2, 0.25) is 0 Å². The monoisotopic (exact) mass is 396 g/mol. The standard InChI is InChI=1S/C20H17BrN2O2/c1-12-18(13(2)24)19(14-6-10-17(25-3)11-7-14)23-20(22-12)15-4-8-16(21)9-5-15/h4-11H,1-3H3. The minimum Gasteiger partial charge on any atom is -0.497 e. The van der Waals surface area contributed by atoms with Crippen LogP contribution in [0, 0.1) is 6.92 Å². The summed E-state index contributed by atoms with van der Waals surface area (Å²) in [6.45, 7) is 3.38. The van der Waals surface area contributed by atoms with E-state index < -0.39 is 0 Å². The van der Waals surface area contributed by atoms with Crippen molar-refractivity contribution in [3.05, 3.63) is 64.3 Å². The van der Waals surface area contributed by atoms with Crippen LogP contribution < -0.4 is 4.74 Å². The number of Topliss-reactive ketones (excluding diaryl/α,β-unsaturated/α-hetero) is 1. The zero-order valence-electron chi connectivity index (χ0n) is 14.2. The lowest BCUT2D eigenvalue weighted by Crippen LogP contribution is -2.06. The fourth-order valence-electron chi connectivity index (χ4n) is 2.68. The zero-order chi connectivity index (χ0) is 18.0. The van der Waals surface area contributed by atoms with Gasteiger partial charge >= 0.3 is 0 Å². The highest BCUT2D eigenvalue weighted by molar-refractivity contribution is 9.10. The molecular weight excluding hydrogens is 380 g/mol. The largest absolute Gasteiger partial charge is 0.497 e. The van der Waals surface area contributed by atoms with Crippen molar-refractivity contribution < 1.29 is 9.53 Å². The van der Waals surface area contributed by atoms with Crippen molar-refractivity contribution in [2.45, 2.75) is 13.8 Å². The summed E-state index contributed by atoms with van der Waals surface area (Å²) in [5, 5.41) is 0. The Labute approximate surface area is 155 Å². The van der Waals surface area contributed by atoms with Crippen LogP contribution >= 0.6 is 15.9 Å². The van der Waals surface area contributed by atoms with Gasteiger partial charge < -0.3 is 4.74 Å². The maximum Gasteiger partial charge on any atom is 0.163 e. The third-order valence-electron chi connectivity index (χ3n) is 3.91. The summed E-state index contributed by atoms with van der Waals surface area (Å²) in [7, 11) is 1.62. The Hall–Kier alpha value is -2.53. The number of benzene rings is 2. The van der Waals surface area contributed by atoms with Crippen molar-refractivity contribution >= 4 is 21.7 Å². The molecule has 126 valence electrons. The highest BCUT2D eigenvalue weighted by Gasteiger charge is 2.18. The van der Waals surface area contributed by atoms with E-state index in [2.05, 4.69) is 20.9 Å². The first-order chi connectivity index (χ1) is 12.0. The molecule has 0 fully saturated rings. The molecule has 3 aromatic rings. The summed E-state index contributed by atoms with van der Waals surface area (Å²) in [5.41, 5.74) is 3.61. The number of aromatic nitrogens is 2. The maximum absolute atomic E-state index is 12.2. The van der Waals surface area contributed by atoms with Crippen LogP contribution in [0.25, 0.3) is 22.6 Å². The Morgan fingerprint density at radius 1 is 0.960 bits per heavy atom. The summed E-state index contributed by atoms with van der Waals surface area (Å²) in [6.07, 6.45) is 0. The fourth-order valence-corrected chi connectivity index (χ4v) is 2.94. The average Bonchev–Trinajstić information content (AvgIpc) is 2.61.